The fraction of sp³-hybridized carbons (Fsp3) is 0.318. The summed E-state index contributed by atoms with van der Waals surface area (Å²) in [4.78, 5) is 294. The molecule has 0 aromatic heterocycles. The van der Waals surface area contributed by atoms with Crippen molar-refractivity contribution in [3.8, 4) is 34.5 Å². The molecule has 6 rings (SSSR count). The number of carboxylic acids is 1. The zero-order valence-corrected chi connectivity index (χ0v) is 83.0. The van der Waals surface area contributed by atoms with Crippen molar-refractivity contribution in [2.75, 3.05) is 58.9 Å². The molecule has 42 nitrogen and oxygen atoms in total. The van der Waals surface area contributed by atoms with Crippen molar-refractivity contribution in [1.82, 2.24) is 47.9 Å². The van der Waals surface area contributed by atoms with E-state index in [4.69, 9.17) is 34.2 Å². The normalized spacial score (nSPS) is 12.4. The summed E-state index contributed by atoms with van der Waals surface area (Å²) in [6.07, 6.45) is 0. The first-order chi connectivity index (χ1) is 65.7. The minimum absolute atomic E-state index is 0.00846. The summed E-state index contributed by atoms with van der Waals surface area (Å²) in [5.74, 6) is -15.8. The quantitative estimate of drug-likeness (QED) is 0.0146. The number of ether oxygens (including phenoxy) is 7. The highest BCUT2D eigenvalue weighted by molar-refractivity contribution is 8.16. The molecule has 51 heteroatoms. The lowest BCUT2D eigenvalue weighted by molar-refractivity contribution is -0.144. The molecule has 0 bridgehead atoms. The molecule has 0 heterocycles. The van der Waals surface area contributed by atoms with E-state index in [0.29, 0.717) is 70.6 Å². The van der Waals surface area contributed by atoms with Gasteiger partial charge in [0.2, 0.25) is 89.8 Å². The van der Waals surface area contributed by atoms with Crippen LogP contribution in [-0.4, -0.2) is 256 Å². The van der Waals surface area contributed by atoms with Crippen LogP contribution in [0.25, 0.3) is 0 Å². The molecule has 0 spiro atoms. The van der Waals surface area contributed by atoms with Gasteiger partial charge in [-0.25, -0.2) is 38.4 Å². The van der Waals surface area contributed by atoms with Crippen molar-refractivity contribution < 1.29 is 153 Å². The number of carbonyl (C=O) groups excluding carboxylic acids is 23. The van der Waals surface area contributed by atoms with Gasteiger partial charge in [-0.05, 0) is 72.8 Å². The maximum absolute atomic E-state index is 13.2. The van der Waals surface area contributed by atoms with Gasteiger partial charge < -0.3 is 91.8 Å². The van der Waals surface area contributed by atoms with Crippen LogP contribution >= 0.6 is 108 Å². The highest BCUT2D eigenvalue weighted by Crippen LogP contribution is 2.32. The first-order valence-electron chi connectivity index (χ1n) is 40.5. The van der Waals surface area contributed by atoms with Gasteiger partial charge in [0.05, 0.1) is 23.8 Å². The summed E-state index contributed by atoms with van der Waals surface area (Å²) in [6.45, 7) is 10.7. The second kappa shape index (κ2) is 61.3. The van der Waals surface area contributed by atoms with Crippen LogP contribution in [0.2, 0.25) is 0 Å². The smallest absolute Gasteiger partial charge is 0.347 e. The van der Waals surface area contributed by atoms with Crippen molar-refractivity contribution in [1.29, 1.82) is 0 Å². The monoisotopic (exact) mass is 2090 g/mol. The average molecular weight is 2090 g/mol. The fourth-order valence-electron chi connectivity index (χ4n) is 10.8. The Balaban J connectivity index is 0.000000435. The molecule has 9 atom stereocenters. The lowest BCUT2D eigenvalue weighted by Gasteiger charge is -2.19. The first kappa shape index (κ1) is 118. The molecule has 0 saturated carbocycles. The van der Waals surface area contributed by atoms with Crippen LogP contribution in [0.5, 0.6) is 34.5 Å². The minimum Gasteiger partial charge on any atom is -0.480 e. The fourth-order valence-corrected chi connectivity index (χ4v) is 17.2. The second-order valence-electron chi connectivity index (χ2n) is 28.2. The van der Waals surface area contributed by atoms with Crippen molar-refractivity contribution in [2.45, 2.75) is 117 Å². The molecule has 0 radical (unpaired) electrons. The molecule has 10 amide bonds. The number of hydrogen-bond acceptors (Lipinski definition) is 40. The third kappa shape index (κ3) is 42.4. The number of benzene rings is 6. The molecule has 6 aromatic carbocycles. The Morgan fingerprint density at radius 1 is 0.266 bits per heavy atom. The van der Waals surface area contributed by atoms with Crippen LogP contribution in [0.4, 0.5) is 0 Å². The van der Waals surface area contributed by atoms with E-state index >= 15 is 0 Å². The molecule has 0 aliphatic rings. The van der Waals surface area contributed by atoms with Crippen LogP contribution in [0, 0.1) is 0 Å². The molecule has 9 unspecified atom stereocenters. The number of methoxy groups -OCH3 is 1. The number of primary amides is 1. The number of carboxylic acid groups (broad SMARTS) is 1. The Morgan fingerprint density at radius 3 is 0.734 bits per heavy atom. The molecule has 6 aromatic rings. The summed E-state index contributed by atoms with van der Waals surface area (Å²) in [7, 11) is 1.13. The van der Waals surface area contributed by atoms with E-state index in [1.807, 2.05) is 0 Å². The Hall–Kier alpha value is -13.1. The molecule has 0 aliphatic carbocycles. The number of nitrogens with two attached hydrogens (primary N) is 1. The summed E-state index contributed by atoms with van der Waals surface area (Å²) < 4.78 is 37.2. The third-order valence-corrected chi connectivity index (χ3v) is 24.2. The number of carbonyl (C=O) groups is 24. The molecule has 139 heavy (non-hydrogen) atoms. The predicted octanol–water partition coefficient (Wildman–Crippen LogP) is 3.91. The Bertz CT molecular complexity index is 5580. The summed E-state index contributed by atoms with van der Waals surface area (Å²) >= 11 is 16.0. The van der Waals surface area contributed by atoms with Crippen molar-refractivity contribution >= 4 is 246 Å². The number of nitrogens with one attached hydrogen (secondary N) is 9. The van der Waals surface area contributed by atoms with Gasteiger partial charge in [0.1, 0.15) is 106 Å². The largest absolute Gasteiger partial charge is 0.480 e. The van der Waals surface area contributed by atoms with E-state index in [-0.39, 0.29) is 120 Å². The van der Waals surface area contributed by atoms with Crippen molar-refractivity contribution in [2.24, 2.45) is 5.73 Å². The van der Waals surface area contributed by atoms with E-state index in [1.165, 1.54) is 187 Å². The molecular formula is C88H96N10O32S9. The minimum atomic E-state index is -1.35. The highest BCUT2D eigenvalue weighted by Gasteiger charge is 2.35. The van der Waals surface area contributed by atoms with Gasteiger partial charge in [-0.2, -0.15) is 37.9 Å². The van der Waals surface area contributed by atoms with E-state index in [1.54, 1.807) is 0 Å². The predicted molar refractivity (Wildman–Crippen MR) is 522 cm³/mol. The van der Waals surface area contributed by atoms with Crippen molar-refractivity contribution in [3.63, 3.8) is 0 Å². The number of thioether (sulfide) groups is 6. The summed E-state index contributed by atoms with van der Waals surface area (Å²) in [5, 5.41) is 27.2. The summed E-state index contributed by atoms with van der Waals surface area (Å²) in [6, 6.07) is 24.0. The van der Waals surface area contributed by atoms with E-state index in [9.17, 15) is 120 Å². The van der Waals surface area contributed by atoms with Crippen LogP contribution in [0.15, 0.2) is 146 Å². The lowest BCUT2D eigenvalue weighted by Crippen LogP contribution is -2.45. The second-order valence-corrected chi connectivity index (χ2v) is 35.3. The third-order valence-electron chi connectivity index (χ3n) is 17.0. The number of para-hydroxylation sites is 6. The molecular weight excluding hydrogens is 2000 g/mol. The topological polar surface area (TPSA) is 629 Å². The number of hydrogen-bond donors (Lipinski definition) is 14. The van der Waals surface area contributed by atoms with Gasteiger partial charge in [0.25, 0.3) is 0 Å². The van der Waals surface area contributed by atoms with Crippen LogP contribution in [-0.2, 0) is 91.0 Å². The van der Waals surface area contributed by atoms with Gasteiger partial charge in [0, 0.05) is 114 Å². The Kier molecular flexibility index (Phi) is 52.2. The number of esters is 7. The van der Waals surface area contributed by atoms with E-state index in [2.05, 4.69) is 90.5 Å². The van der Waals surface area contributed by atoms with Gasteiger partial charge in [-0.1, -0.05) is 143 Å². The molecule has 0 saturated heterocycles. The zero-order chi connectivity index (χ0) is 104. The number of aliphatic carboxylic acids is 1. The highest BCUT2D eigenvalue weighted by atomic mass is 32.2. The molecule has 12 N–H and O–H groups in total. The van der Waals surface area contributed by atoms with Gasteiger partial charge >= 0.3 is 47.8 Å². The molecule has 0 aliphatic heterocycles. The van der Waals surface area contributed by atoms with Gasteiger partial charge in [-0.15, -0.1) is 0 Å². The first-order valence-corrected chi connectivity index (χ1v) is 48.3. The Labute approximate surface area is 836 Å². The molecule has 0 fully saturated rings. The Morgan fingerprint density at radius 2 is 0.468 bits per heavy atom. The van der Waals surface area contributed by atoms with Crippen LogP contribution in [0.3, 0.4) is 0 Å². The summed E-state index contributed by atoms with van der Waals surface area (Å²) in [5.41, 5.74) is 4.70. The van der Waals surface area contributed by atoms with Gasteiger partial charge in [-0.3, -0.25) is 76.7 Å². The maximum Gasteiger partial charge on any atom is 0.347 e. The van der Waals surface area contributed by atoms with Crippen molar-refractivity contribution in [3.05, 3.63) is 179 Å². The van der Waals surface area contributed by atoms with Gasteiger partial charge in [0.15, 0.2) is 0 Å². The van der Waals surface area contributed by atoms with E-state index < -0.39 is 192 Å². The van der Waals surface area contributed by atoms with Crippen LogP contribution < -0.4 is 82.0 Å². The zero-order valence-electron chi connectivity index (χ0n) is 75.4. The van der Waals surface area contributed by atoms with E-state index in [0.717, 1.165) is 27.9 Å². The lowest BCUT2D eigenvalue weighted by atomic mass is 10.2. The number of amides is 10. The SMILES string of the molecule is CC(=O)NC(CSC(=O)C(CSC(=O)c1ccccc1OC(=O)c1ccccc1OC(=O)C(CS)NC(C)=O)NC(C)=O)C(=O)O.CC(=O)NC(CSC(=O)c1ccccc1OC(=O)c1ccccc1OC(=O)C(CSC(=O)C(CS)NC(C)=O)NC(C)=O)C(N)=O.COC(=O)C(CSC(=O)C(CSC(=O)c1ccccc1OC(=O)c1ccccc1OC(=O)C(CS)NC(C)=O)NC(C)=O)NC(C)=O. The number of thiol groups is 3. The average Bonchev–Trinajstić information content (AvgIpc) is 0.830. The maximum atomic E-state index is 13.2. The standard InChI is InChI=1S/C30H33N3O11S3.C29H32N4O10S3.C29H31N3O11S3/c1-16(34)31-21(13-45)28(39)44-24-11-7-5-9-19(24)26(37)43-25-12-8-6-10-20(25)29(40)46-15-23(33-18(3)36)30(41)47-14-22(27(38)42-4)32-17(2)35;1-15(34)31-20(12-44)29(41)46-14-22(33-17(3)36)27(39)43-23-10-6-4-8-18(23)26(38)42-24-11-7-5-9-19(24)28(40)45-13-21(25(30)37)32-16(2)35;1-15(33)30-20(12-44)27(39)43-23-10-6-4-8-18(23)26(38)42-24-11-7-5-9-19(24)28(40)45-14-22(32-17(3)35)29(41)46-13-21(25(36)37)31-16(2)34/h5-12,21-23,45H,13-15H2,1-4H3,(H,31,34)(H,32,35)(H,33,36);4-11,20-22,44H,12-14H2,1-3H3,(H2,30,37)(H,31,34)(H,32,35)(H,33,36);4-11,20-22,44H,12-14H2,1-3H3,(H,30,33)(H,31,34)(H,32,35)(H,36,37). The number of rotatable bonds is 45. The molecule has 744 valence electrons. The van der Waals surface area contributed by atoms with Crippen LogP contribution in [0.1, 0.15) is 124 Å².